The first kappa shape index (κ1) is 28.1. The number of methoxy groups -OCH3 is 1. The number of aliphatic imine (C=N–C) groups is 1. The summed E-state index contributed by atoms with van der Waals surface area (Å²) in [5.74, 6) is 1.57. The summed E-state index contributed by atoms with van der Waals surface area (Å²) in [4.78, 5) is 7.03. The first-order valence-corrected chi connectivity index (χ1v) is 12.2. The van der Waals surface area contributed by atoms with Crippen molar-refractivity contribution in [3.63, 3.8) is 0 Å². The van der Waals surface area contributed by atoms with Gasteiger partial charge >= 0.3 is 0 Å². The standard InChI is InChI=1S/C21H37N5O3S.HI/c1-18-8-13-26(14-9-18)12-5-10-23-21(22-2)24-17-19-6-4-7-20(16-19)30(27,28)25-11-15-29-3;/h4,6-7,16,18,25H,5,8-15,17H2,1-3H3,(H2,22,23,24);1H. The predicted octanol–water partition coefficient (Wildman–Crippen LogP) is 2.02. The van der Waals surface area contributed by atoms with E-state index in [-0.39, 0.29) is 35.4 Å². The lowest BCUT2D eigenvalue weighted by Gasteiger charge is -2.30. The number of nitrogens with one attached hydrogen (secondary N) is 3. The third kappa shape index (κ3) is 10.5. The smallest absolute Gasteiger partial charge is 0.240 e. The van der Waals surface area contributed by atoms with Crippen molar-refractivity contribution >= 4 is 40.0 Å². The fourth-order valence-electron chi connectivity index (χ4n) is 3.39. The van der Waals surface area contributed by atoms with Crippen LogP contribution in [0.3, 0.4) is 0 Å². The van der Waals surface area contributed by atoms with Gasteiger partial charge in [0, 0.05) is 33.8 Å². The second-order valence-corrected chi connectivity index (χ2v) is 9.54. The molecule has 0 bridgehead atoms. The Morgan fingerprint density at radius 2 is 1.97 bits per heavy atom. The zero-order valence-electron chi connectivity index (χ0n) is 18.9. The van der Waals surface area contributed by atoms with Gasteiger partial charge in [0.25, 0.3) is 0 Å². The van der Waals surface area contributed by atoms with Crippen LogP contribution in [0.5, 0.6) is 0 Å². The maximum atomic E-state index is 12.3. The van der Waals surface area contributed by atoms with Gasteiger partial charge in [-0.05, 0) is 62.5 Å². The number of hydrogen-bond donors (Lipinski definition) is 3. The van der Waals surface area contributed by atoms with Gasteiger partial charge in [0.15, 0.2) is 5.96 Å². The number of nitrogens with zero attached hydrogens (tertiary/aromatic N) is 2. The molecule has 1 fully saturated rings. The molecule has 0 atom stereocenters. The van der Waals surface area contributed by atoms with E-state index in [1.165, 1.54) is 33.0 Å². The zero-order chi connectivity index (χ0) is 21.8. The van der Waals surface area contributed by atoms with Crippen LogP contribution >= 0.6 is 24.0 Å². The predicted molar refractivity (Wildman–Crippen MR) is 137 cm³/mol. The highest BCUT2D eigenvalue weighted by Gasteiger charge is 2.15. The van der Waals surface area contributed by atoms with Crippen LogP contribution in [0.25, 0.3) is 0 Å². The average Bonchev–Trinajstić information content (AvgIpc) is 2.75. The van der Waals surface area contributed by atoms with E-state index in [4.69, 9.17) is 4.74 Å². The maximum absolute atomic E-state index is 12.3. The van der Waals surface area contributed by atoms with Gasteiger partial charge < -0.3 is 20.3 Å². The van der Waals surface area contributed by atoms with E-state index < -0.39 is 10.0 Å². The summed E-state index contributed by atoms with van der Waals surface area (Å²) < 4.78 is 32.1. The average molecular weight is 568 g/mol. The van der Waals surface area contributed by atoms with Gasteiger partial charge in [-0.15, -0.1) is 24.0 Å². The van der Waals surface area contributed by atoms with E-state index >= 15 is 0 Å². The zero-order valence-corrected chi connectivity index (χ0v) is 22.0. The first-order valence-electron chi connectivity index (χ1n) is 10.7. The molecular weight excluding hydrogens is 529 g/mol. The second kappa shape index (κ2) is 15.0. The van der Waals surface area contributed by atoms with Crippen LogP contribution in [-0.4, -0.2) is 72.8 Å². The van der Waals surface area contributed by atoms with Gasteiger partial charge in [-0.2, -0.15) is 0 Å². The molecular formula is C21H38IN5O3S. The van der Waals surface area contributed by atoms with Crippen LogP contribution in [0.1, 0.15) is 31.7 Å². The fraction of sp³-hybridized carbons (Fsp3) is 0.667. The van der Waals surface area contributed by atoms with Crippen LogP contribution < -0.4 is 15.4 Å². The Bertz CT molecular complexity index is 768. The summed E-state index contributed by atoms with van der Waals surface area (Å²) in [6, 6.07) is 6.91. The van der Waals surface area contributed by atoms with Gasteiger partial charge in [-0.1, -0.05) is 19.1 Å². The van der Waals surface area contributed by atoms with E-state index in [0.29, 0.717) is 19.1 Å². The van der Waals surface area contributed by atoms with Crippen LogP contribution in [0.4, 0.5) is 0 Å². The molecule has 0 unspecified atom stereocenters. The number of hydrogen-bond acceptors (Lipinski definition) is 5. The Hall–Kier alpha value is -0.950. The molecule has 31 heavy (non-hydrogen) atoms. The van der Waals surface area contributed by atoms with E-state index in [0.717, 1.165) is 31.0 Å². The lowest BCUT2D eigenvalue weighted by molar-refractivity contribution is 0.191. The molecule has 2 rings (SSSR count). The fourth-order valence-corrected chi connectivity index (χ4v) is 4.47. The van der Waals surface area contributed by atoms with E-state index in [9.17, 15) is 8.42 Å². The molecule has 0 saturated carbocycles. The number of halogens is 1. The number of likely N-dealkylation sites (tertiary alicyclic amines) is 1. The molecule has 1 heterocycles. The van der Waals surface area contributed by atoms with Gasteiger partial charge in [0.05, 0.1) is 11.5 Å². The van der Waals surface area contributed by atoms with Crippen LogP contribution in [-0.2, 0) is 21.3 Å². The SMILES string of the molecule is CN=C(NCCCN1CCC(C)CC1)NCc1cccc(S(=O)(=O)NCCOC)c1.I. The van der Waals surface area contributed by atoms with Crippen molar-refractivity contribution in [2.24, 2.45) is 10.9 Å². The number of ether oxygens (including phenoxy) is 1. The molecule has 0 aliphatic carbocycles. The van der Waals surface area contributed by atoms with Crippen molar-refractivity contribution in [1.82, 2.24) is 20.3 Å². The molecule has 3 N–H and O–H groups in total. The molecule has 178 valence electrons. The Morgan fingerprint density at radius 1 is 1.23 bits per heavy atom. The largest absolute Gasteiger partial charge is 0.383 e. The lowest BCUT2D eigenvalue weighted by Crippen LogP contribution is -2.39. The minimum Gasteiger partial charge on any atom is -0.383 e. The molecule has 1 saturated heterocycles. The van der Waals surface area contributed by atoms with Crippen molar-refractivity contribution in [3.8, 4) is 0 Å². The van der Waals surface area contributed by atoms with E-state index in [1.54, 1.807) is 25.2 Å². The van der Waals surface area contributed by atoms with Gasteiger partial charge in [0.2, 0.25) is 10.0 Å². The number of benzene rings is 1. The van der Waals surface area contributed by atoms with Gasteiger partial charge in [-0.3, -0.25) is 4.99 Å². The number of rotatable bonds is 11. The molecule has 1 aromatic carbocycles. The normalized spacial score (nSPS) is 16.0. The van der Waals surface area contributed by atoms with Crippen LogP contribution in [0.15, 0.2) is 34.2 Å². The molecule has 0 spiro atoms. The maximum Gasteiger partial charge on any atom is 0.240 e. The van der Waals surface area contributed by atoms with Crippen molar-refractivity contribution in [2.45, 2.75) is 37.6 Å². The summed E-state index contributed by atoms with van der Waals surface area (Å²) in [6.07, 6.45) is 3.66. The highest BCUT2D eigenvalue weighted by molar-refractivity contribution is 14.0. The quantitative estimate of drug-likeness (QED) is 0.164. The molecule has 1 aliphatic heterocycles. The van der Waals surface area contributed by atoms with Crippen molar-refractivity contribution in [2.75, 3.05) is 53.5 Å². The van der Waals surface area contributed by atoms with E-state index in [2.05, 4.69) is 32.2 Å². The number of piperidine rings is 1. The molecule has 0 radical (unpaired) electrons. The second-order valence-electron chi connectivity index (χ2n) is 7.77. The number of sulfonamides is 1. The summed E-state index contributed by atoms with van der Waals surface area (Å²) in [7, 11) is -0.264. The van der Waals surface area contributed by atoms with Gasteiger partial charge in [0.1, 0.15) is 0 Å². The van der Waals surface area contributed by atoms with Gasteiger partial charge in [-0.25, -0.2) is 13.1 Å². The Balaban J connectivity index is 0.00000480. The molecule has 1 aromatic rings. The summed E-state index contributed by atoms with van der Waals surface area (Å²) in [6.45, 7) is 7.76. The summed E-state index contributed by atoms with van der Waals surface area (Å²) in [5.41, 5.74) is 0.870. The van der Waals surface area contributed by atoms with Crippen molar-refractivity contribution in [1.29, 1.82) is 0 Å². The first-order chi connectivity index (χ1) is 14.4. The third-order valence-corrected chi connectivity index (χ3v) is 6.77. The van der Waals surface area contributed by atoms with Crippen molar-refractivity contribution in [3.05, 3.63) is 29.8 Å². The topological polar surface area (TPSA) is 95.1 Å². The van der Waals surface area contributed by atoms with Crippen LogP contribution in [0.2, 0.25) is 0 Å². The highest BCUT2D eigenvalue weighted by Crippen LogP contribution is 2.15. The lowest BCUT2D eigenvalue weighted by atomic mass is 9.99. The monoisotopic (exact) mass is 567 g/mol. The van der Waals surface area contributed by atoms with Crippen molar-refractivity contribution < 1.29 is 13.2 Å². The Morgan fingerprint density at radius 3 is 2.65 bits per heavy atom. The highest BCUT2D eigenvalue weighted by atomic mass is 127. The van der Waals surface area contributed by atoms with E-state index in [1.807, 2.05) is 6.07 Å². The number of guanidine groups is 1. The minimum absolute atomic E-state index is 0. The Kier molecular flexibility index (Phi) is 13.6. The van der Waals surface area contributed by atoms with Crippen LogP contribution in [0, 0.1) is 5.92 Å². The molecule has 1 aliphatic rings. The molecule has 0 amide bonds. The summed E-state index contributed by atoms with van der Waals surface area (Å²) in [5, 5.41) is 6.59. The Labute approximate surface area is 204 Å². The molecule has 8 nitrogen and oxygen atoms in total. The summed E-state index contributed by atoms with van der Waals surface area (Å²) >= 11 is 0. The third-order valence-electron chi connectivity index (χ3n) is 5.31. The molecule has 10 heteroatoms. The minimum atomic E-state index is -3.54. The molecule has 0 aromatic heterocycles.